The van der Waals surface area contributed by atoms with Gasteiger partial charge >= 0.3 is 5.51 Å². The normalized spacial score (nSPS) is 17.4. The van der Waals surface area contributed by atoms with Gasteiger partial charge in [-0.2, -0.15) is 13.2 Å². The molecule has 87 valence electrons. The van der Waals surface area contributed by atoms with Gasteiger partial charge in [-0.15, -0.1) is 0 Å². The van der Waals surface area contributed by atoms with Crippen molar-refractivity contribution in [1.82, 2.24) is 0 Å². The van der Waals surface area contributed by atoms with Crippen molar-refractivity contribution in [2.75, 3.05) is 0 Å². The highest BCUT2D eigenvalue weighted by molar-refractivity contribution is 7.92. The minimum atomic E-state index is -5.25. The van der Waals surface area contributed by atoms with E-state index in [-0.39, 0.29) is 5.92 Å². The quantitative estimate of drug-likeness (QED) is 0.807. The summed E-state index contributed by atoms with van der Waals surface area (Å²) >= 11 is 0. The molecular weight excluding hydrogens is 241 g/mol. The summed E-state index contributed by atoms with van der Waals surface area (Å²) in [5.74, 6) is 0.194. The maximum absolute atomic E-state index is 12.3. The van der Waals surface area contributed by atoms with E-state index in [4.69, 9.17) is 0 Å². The summed E-state index contributed by atoms with van der Waals surface area (Å²) in [4.78, 5) is -0.718. The van der Waals surface area contributed by atoms with Crippen LogP contribution in [0.4, 0.5) is 13.2 Å². The SMILES string of the molecule is O=S(=O)(c1c[c]cc(C2CC2)c1)C(F)(F)F. The zero-order chi connectivity index (χ0) is 12.0. The van der Waals surface area contributed by atoms with Crippen LogP contribution in [0.2, 0.25) is 0 Å². The Balaban J connectivity index is 2.44. The summed E-state index contributed by atoms with van der Waals surface area (Å²) in [6, 6.07) is 5.93. The predicted octanol–water partition coefficient (Wildman–Crippen LogP) is 2.66. The first-order chi connectivity index (χ1) is 7.32. The van der Waals surface area contributed by atoms with Gasteiger partial charge < -0.3 is 0 Å². The number of alkyl halides is 3. The van der Waals surface area contributed by atoms with Gasteiger partial charge in [0, 0.05) is 0 Å². The van der Waals surface area contributed by atoms with Gasteiger partial charge in [0.05, 0.1) is 4.90 Å². The largest absolute Gasteiger partial charge is 0.501 e. The van der Waals surface area contributed by atoms with Crippen LogP contribution in [0.25, 0.3) is 0 Å². The number of hydrogen-bond acceptors (Lipinski definition) is 2. The predicted molar refractivity (Wildman–Crippen MR) is 50.5 cm³/mol. The zero-order valence-corrected chi connectivity index (χ0v) is 8.90. The van der Waals surface area contributed by atoms with Crippen molar-refractivity contribution in [2.24, 2.45) is 0 Å². The minimum Gasteiger partial charge on any atom is -0.214 e. The first-order valence-electron chi connectivity index (χ1n) is 4.65. The molecule has 2 rings (SSSR count). The van der Waals surface area contributed by atoms with Gasteiger partial charge in [0.25, 0.3) is 9.84 Å². The number of sulfone groups is 1. The molecule has 0 heterocycles. The number of halogens is 3. The van der Waals surface area contributed by atoms with E-state index in [1.54, 1.807) is 0 Å². The fraction of sp³-hybridized carbons (Fsp3) is 0.400. The molecule has 0 saturated heterocycles. The molecule has 1 radical (unpaired) electrons. The smallest absolute Gasteiger partial charge is 0.214 e. The van der Waals surface area contributed by atoms with Gasteiger partial charge in [-0.1, -0.05) is 6.07 Å². The van der Waals surface area contributed by atoms with Gasteiger partial charge in [0.15, 0.2) is 0 Å². The van der Waals surface area contributed by atoms with Crippen molar-refractivity contribution in [3.63, 3.8) is 0 Å². The first kappa shape index (κ1) is 11.4. The van der Waals surface area contributed by atoms with E-state index < -0.39 is 20.2 Å². The molecule has 0 bridgehead atoms. The average molecular weight is 249 g/mol. The highest BCUT2D eigenvalue weighted by Gasteiger charge is 2.47. The number of benzene rings is 1. The summed E-state index contributed by atoms with van der Waals surface area (Å²) in [5, 5.41) is 0. The van der Waals surface area contributed by atoms with Gasteiger partial charge in [-0.05, 0) is 42.5 Å². The lowest BCUT2D eigenvalue weighted by atomic mass is 10.1. The molecule has 1 aromatic carbocycles. The van der Waals surface area contributed by atoms with Crippen molar-refractivity contribution in [3.05, 3.63) is 29.8 Å². The van der Waals surface area contributed by atoms with Crippen molar-refractivity contribution in [1.29, 1.82) is 0 Å². The molecule has 1 aliphatic carbocycles. The average Bonchev–Trinajstić information content (AvgIpc) is 2.99. The molecule has 0 unspecified atom stereocenters. The lowest BCUT2D eigenvalue weighted by Crippen LogP contribution is -2.23. The van der Waals surface area contributed by atoms with E-state index in [1.165, 1.54) is 6.07 Å². The van der Waals surface area contributed by atoms with Crippen LogP contribution in [0.3, 0.4) is 0 Å². The highest BCUT2D eigenvalue weighted by Crippen LogP contribution is 2.41. The lowest BCUT2D eigenvalue weighted by Gasteiger charge is -2.08. The fourth-order valence-corrected chi connectivity index (χ4v) is 2.19. The second-order valence-corrected chi connectivity index (χ2v) is 5.67. The third-order valence-electron chi connectivity index (χ3n) is 2.45. The topological polar surface area (TPSA) is 34.1 Å². The van der Waals surface area contributed by atoms with Crippen LogP contribution in [-0.2, 0) is 9.84 Å². The summed E-state index contributed by atoms with van der Waals surface area (Å²) in [5.41, 5.74) is -4.63. The van der Waals surface area contributed by atoms with Gasteiger partial charge in [0.2, 0.25) is 0 Å². The molecule has 16 heavy (non-hydrogen) atoms. The van der Waals surface area contributed by atoms with E-state index in [2.05, 4.69) is 6.07 Å². The zero-order valence-electron chi connectivity index (χ0n) is 8.08. The summed E-state index contributed by atoms with van der Waals surface area (Å²) in [7, 11) is -5.24. The Morgan fingerprint density at radius 2 is 1.88 bits per heavy atom. The Kier molecular flexibility index (Phi) is 2.49. The van der Waals surface area contributed by atoms with E-state index in [0.29, 0.717) is 5.56 Å². The molecule has 2 nitrogen and oxygen atoms in total. The van der Waals surface area contributed by atoms with E-state index in [0.717, 1.165) is 25.0 Å². The Morgan fingerprint density at radius 3 is 2.38 bits per heavy atom. The summed E-state index contributed by atoms with van der Waals surface area (Å²) in [6.45, 7) is 0. The van der Waals surface area contributed by atoms with Crippen LogP contribution in [0.15, 0.2) is 23.1 Å². The minimum absolute atomic E-state index is 0.194. The van der Waals surface area contributed by atoms with E-state index in [9.17, 15) is 21.6 Å². The number of hydrogen-bond donors (Lipinski definition) is 0. The third-order valence-corrected chi connectivity index (χ3v) is 3.91. The molecular formula is C10H8F3O2S. The second-order valence-electron chi connectivity index (χ2n) is 3.73. The second kappa shape index (κ2) is 3.48. The molecule has 0 N–H and O–H groups in total. The summed E-state index contributed by atoms with van der Waals surface area (Å²) < 4.78 is 59.0. The Labute approximate surface area is 91.0 Å². The summed E-state index contributed by atoms with van der Waals surface area (Å²) in [6.07, 6.45) is 1.78. The van der Waals surface area contributed by atoms with Gasteiger partial charge in [-0.3, -0.25) is 0 Å². The number of rotatable bonds is 2. The molecule has 0 aromatic heterocycles. The van der Waals surface area contributed by atoms with E-state index >= 15 is 0 Å². The van der Waals surface area contributed by atoms with Crippen LogP contribution >= 0.6 is 0 Å². The molecule has 6 heteroatoms. The lowest BCUT2D eigenvalue weighted by molar-refractivity contribution is -0.0436. The molecule has 0 atom stereocenters. The van der Waals surface area contributed by atoms with E-state index in [1.807, 2.05) is 0 Å². The highest BCUT2D eigenvalue weighted by atomic mass is 32.2. The Bertz CT molecular complexity index is 501. The standard InChI is InChI=1S/C10H8F3O2S/c11-10(12,13)16(14,15)9-3-1-2-8(6-9)7-4-5-7/h2-3,6-7H,4-5H2. The van der Waals surface area contributed by atoms with Crippen LogP contribution in [-0.4, -0.2) is 13.9 Å². The van der Waals surface area contributed by atoms with Gasteiger partial charge in [0.1, 0.15) is 0 Å². The monoisotopic (exact) mass is 249 g/mol. The molecule has 1 aromatic rings. The Hall–Kier alpha value is -1.04. The third kappa shape index (κ3) is 1.93. The van der Waals surface area contributed by atoms with Crippen molar-refractivity contribution in [2.45, 2.75) is 29.2 Å². The van der Waals surface area contributed by atoms with Crippen LogP contribution in [0, 0.1) is 6.07 Å². The van der Waals surface area contributed by atoms with Crippen LogP contribution < -0.4 is 0 Å². The maximum atomic E-state index is 12.3. The molecule has 1 saturated carbocycles. The molecule has 0 aliphatic heterocycles. The Morgan fingerprint density at radius 1 is 1.25 bits per heavy atom. The van der Waals surface area contributed by atoms with Gasteiger partial charge in [-0.25, -0.2) is 8.42 Å². The molecule has 1 fully saturated rings. The van der Waals surface area contributed by atoms with Crippen LogP contribution in [0.5, 0.6) is 0 Å². The molecule has 0 spiro atoms. The van der Waals surface area contributed by atoms with Crippen molar-refractivity contribution >= 4 is 9.84 Å². The van der Waals surface area contributed by atoms with Crippen LogP contribution in [0.1, 0.15) is 24.3 Å². The first-order valence-corrected chi connectivity index (χ1v) is 6.13. The maximum Gasteiger partial charge on any atom is 0.501 e. The van der Waals surface area contributed by atoms with Crippen molar-refractivity contribution in [3.8, 4) is 0 Å². The fourth-order valence-electron chi connectivity index (χ4n) is 1.41. The molecule has 1 aliphatic rings. The molecule has 0 amide bonds. The van der Waals surface area contributed by atoms with Crippen molar-refractivity contribution < 1.29 is 21.6 Å².